The van der Waals surface area contributed by atoms with E-state index in [0.717, 1.165) is 0 Å². The van der Waals surface area contributed by atoms with Crippen molar-refractivity contribution >= 4 is 27.6 Å². The summed E-state index contributed by atoms with van der Waals surface area (Å²) in [4.78, 5) is 10.8. The average molecular weight is 262 g/mol. The number of nitrogens with one attached hydrogen (secondary N) is 1. The van der Waals surface area contributed by atoms with Crippen molar-refractivity contribution in [2.24, 2.45) is 0 Å². The van der Waals surface area contributed by atoms with Gasteiger partial charge in [-0.1, -0.05) is 15.9 Å². The van der Waals surface area contributed by atoms with Gasteiger partial charge in [-0.15, -0.1) is 0 Å². The summed E-state index contributed by atoms with van der Waals surface area (Å²) in [6.07, 6.45) is 0. The van der Waals surface area contributed by atoms with E-state index in [1.54, 1.807) is 6.92 Å². The van der Waals surface area contributed by atoms with E-state index in [0.29, 0.717) is 11.0 Å². The van der Waals surface area contributed by atoms with Gasteiger partial charge < -0.3 is 10.4 Å². The maximum absolute atomic E-state index is 13.3. The standard InChI is InChI=1S/C9H9BrFNO2/c1-2-12-8-6(9(13)14)3-5(10)4-7(8)11/h3-4,12H,2H2,1H3,(H,13,14). The average Bonchev–Trinajstić information content (AvgIpc) is 2.09. The monoisotopic (exact) mass is 261 g/mol. The van der Waals surface area contributed by atoms with Gasteiger partial charge in [-0.2, -0.15) is 0 Å². The lowest BCUT2D eigenvalue weighted by Gasteiger charge is -2.09. The number of carbonyl (C=O) groups is 1. The van der Waals surface area contributed by atoms with Crippen LogP contribution in [0.2, 0.25) is 0 Å². The Morgan fingerprint density at radius 2 is 2.29 bits per heavy atom. The maximum atomic E-state index is 13.3. The number of halogens is 2. The van der Waals surface area contributed by atoms with Gasteiger partial charge in [0.25, 0.3) is 0 Å². The van der Waals surface area contributed by atoms with Gasteiger partial charge in [0, 0.05) is 11.0 Å². The van der Waals surface area contributed by atoms with E-state index >= 15 is 0 Å². The summed E-state index contributed by atoms with van der Waals surface area (Å²) in [6, 6.07) is 2.59. The molecule has 0 aliphatic heterocycles. The van der Waals surface area contributed by atoms with Crippen molar-refractivity contribution < 1.29 is 14.3 Å². The smallest absolute Gasteiger partial charge is 0.337 e. The normalized spacial score (nSPS) is 9.93. The van der Waals surface area contributed by atoms with Crippen molar-refractivity contribution in [1.82, 2.24) is 0 Å². The van der Waals surface area contributed by atoms with E-state index < -0.39 is 11.8 Å². The molecule has 1 rings (SSSR count). The largest absolute Gasteiger partial charge is 0.478 e. The second kappa shape index (κ2) is 4.41. The Labute approximate surface area is 89.1 Å². The third kappa shape index (κ3) is 2.23. The molecule has 76 valence electrons. The van der Waals surface area contributed by atoms with Gasteiger partial charge in [0.1, 0.15) is 5.82 Å². The quantitative estimate of drug-likeness (QED) is 0.880. The van der Waals surface area contributed by atoms with Gasteiger partial charge in [0.05, 0.1) is 11.3 Å². The summed E-state index contributed by atoms with van der Waals surface area (Å²) in [5.41, 5.74) is -0.0399. The molecule has 0 saturated carbocycles. The summed E-state index contributed by atoms with van der Waals surface area (Å²) >= 11 is 3.04. The Kier molecular flexibility index (Phi) is 3.46. The first kappa shape index (κ1) is 11.0. The molecular formula is C9H9BrFNO2. The molecule has 2 N–H and O–H groups in total. The molecule has 1 aromatic rings. The second-order valence-corrected chi connectivity index (χ2v) is 3.56. The number of hydrogen-bond acceptors (Lipinski definition) is 2. The van der Waals surface area contributed by atoms with Crippen LogP contribution in [0.25, 0.3) is 0 Å². The van der Waals surface area contributed by atoms with Crippen LogP contribution in [0.3, 0.4) is 0 Å². The highest BCUT2D eigenvalue weighted by Gasteiger charge is 2.14. The molecule has 0 aromatic heterocycles. The van der Waals surface area contributed by atoms with Gasteiger partial charge >= 0.3 is 5.97 Å². The molecule has 0 amide bonds. The van der Waals surface area contributed by atoms with Crippen LogP contribution >= 0.6 is 15.9 Å². The lowest BCUT2D eigenvalue weighted by Crippen LogP contribution is -2.08. The van der Waals surface area contributed by atoms with Crippen molar-refractivity contribution in [3.05, 3.63) is 28.0 Å². The Bertz CT molecular complexity index is 368. The Balaban J connectivity index is 3.28. The Hall–Kier alpha value is -1.10. The van der Waals surface area contributed by atoms with Crippen LogP contribution in [0.5, 0.6) is 0 Å². The van der Waals surface area contributed by atoms with Crippen LogP contribution in [0, 0.1) is 5.82 Å². The molecule has 0 heterocycles. The Morgan fingerprint density at radius 1 is 1.64 bits per heavy atom. The molecule has 1 aromatic carbocycles. The fourth-order valence-electron chi connectivity index (χ4n) is 1.10. The highest BCUT2D eigenvalue weighted by molar-refractivity contribution is 9.10. The number of hydrogen-bond donors (Lipinski definition) is 2. The van der Waals surface area contributed by atoms with E-state index in [-0.39, 0.29) is 11.3 Å². The molecule has 3 nitrogen and oxygen atoms in total. The zero-order valence-electron chi connectivity index (χ0n) is 7.47. The molecule has 0 aliphatic rings. The van der Waals surface area contributed by atoms with Gasteiger partial charge in [-0.05, 0) is 19.1 Å². The first-order chi connectivity index (χ1) is 6.56. The zero-order chi connectivity index (χ0) is 10.7. The van der Waals surface area contributed by atoms with E-state index in [1.165, 1.54) is 12.1 Å². The number of carboxylic acid groups (broad SMARTS) is 1. The number of carboxylic acids is 1. The van der Waals surface area contributed by atoms with E-state index in [4.69, 9.17) is 5.11 Å². The SMILES string of the molecule is CCNc1c(F)cc(Br)cc1C(=O)O. The highest BCUT2D eigenvalue weighted by Crippen LogP contribution is 2.24. The second-order valence-electron chi connectivity index (χ2n) is 2.65. The van der Waals surface area contributed by atoms with Gasteiger partial charge in [0.15, 0.2) is 0 Å². The summed E-state index contributed by atoms with van der Waals surface area (Å²) < 4.78 is 13.7. The molecule has 0 aliphatic carbocycles. The third-order valence-corrected chi connectivity index (χ3v) is 2.10. The van der Waals surface area contributed by atoms with Crippen LogP contribution in [-0.4, -0.2) is 17.6 Å². The van der Waals surface area contributed by atoms with Crippen LogP contribution < -0.4 is 5.32 Å². The lowest BCUT2D eigenvalue weighted by molar-refractivity contribution is 0.0697. The molecule has 0 atom stereocenters. The number of aromatic carboxylic acids is 1. The lowest BCUT2D eigenvalue weighted by atomic mass is 10.1. The Morgan fingerprint density at radius 3 is 2.79 bits per heavy atom. The summed E-state index contributed by atoms with van der Waals surface area (Å²) in [5.74, 6) is -1.72. The zero-order valence-corrected chi connectivity index (χ0v) is 9.06. The van der Waals surface area contributed by atoms with Crippen molar-refractivity contribution in [3.8, 4) is 0 Å². The van der Waals surface area contributed by atoms with Crippen LogP contribution in [0.4, 0.5) is 10.1 Å². The topological polar surface area (TPSA) is 49.3 Å². The van der Waals surface area contributed by atoms with Crippen LogP contribution in [-0.2, 0) is 0 Å². The number of benzene rings is 1. The molecule has 0 saturated heterocycles. The highest BCUT2D eigenvalue weighted by atomic mass is 79.9. The first-order valence-corrected chi connectivity index (χ1v) is 4.81. The van der Waals surface area contributed by atoms with Crippen LogP contribution in [0.1, 0.15) is 17.3 Å². The fraction of sp³-hybridized carbons (Fsp3) is 0.222. The summed E-state index contributed by atoms with van der Waals surface area (Å²) in [5, 5.41) is 11.5. The van der Waals surface area contributed by atoms with Crippen molar-refractivity contribution in [3.63, 3.8) is 0 Å². The third-order valence-electron chi connectivity index (χ3n) is 1.64. The van der Waals surface area contributed by atoms with Crippen molar-refractivity contribution in [2.45, 2.75) is 6.92 Å². The van der Waals surface area contributed by atoms with Crippen LogP contribution in [0.15, 0.2) is 16.6 Å². The number of rotatable bonds is 3. The molecular weight excluding hydrogens is 253 g/mol. The molecule has 0 bridgehead atoms. The summed E-state index contributed by atoms with van der Waals surface area (Å²) in [6.45, 7) is 2.24. The minimum Gasteiger partial charge on any atom is -0.478 e. The molecule has 0 radical (unpaired) electrons. The van der Waals surface area contributed by atoms with Crippen molar-refractivity contribution in [2.75, 3.05) is 11.9 Å². The van der Waals surface area contributed by atoms with Gasteiger partial charge in [-0.25, -0.2) is 9.18 Å². The molecule has 5 heteroatoms. The van der Waals surface area contributed by atoms with E-state index in [2.05, 4.69) is 21.2 Å². The van der Waals surface area contributed by atoms with E-state index in [9.17, 15) is 9.18 Å². The molecule has 14 heavy (non-hydrogen) atoms. The molecule has 0 unspecified atom stereocenters. The van der Waals surface area contributed by atoms with Gasteiger partial charge in [-0.3, -0.25) is 0 Å². The number of anilines is 1. The minimum absolute atomic E-state index is 0.0307. The summed E-state index contributed by atoms with van der Waals surface area (Å²) in [7, 11) is 0. The predicted molar refractivity (Wildman–Crippen MR) is 55.2 cm³/mol. The molecule has 0 spiro atoms. The van der Waals surface area contributed by atoms with Gasteiger partial charge in [0.2, 0.25) is 0 Å². The fourth-order valence-corrected chi connectivity index (χ4v) is 1.53. The van der Waals surface area contributed by atoms with Crippen molar-refractivity contribution in [1.29, 1.82) is 0 Å². The minimum atomic E-state index is -1.15. The predicted octanol–water partition coefficient (Wildman–Crippen LogP) is 2.72. The first-order valence-electron chi connectivity index (χ1n) is 4.02. The van der Waals surface area contributed by atoms with E-state index in [1.807, 2.05) is 0 Å². The molecule has 0 fully saturated rings. The maximum Gasteiger partial charge on any atom is 0.337 e.